The maximum Gasteiger partial charge on any atom is 0.159 e. The quantitative estimate of drug-likeness (QED) is 0.746. The van der Waals surface area contributed by atoms with Crippen molar-refractivity contribution in [1.29, 1.82) is 0 Å². The summed E-state index contributed by atoms with van der Waals surface area (Å²) in [6, 6.07) is 4.78. The average Bonchev–Trinajstić information content (AvgIpc) is 2.29. The third-order valence-corrected chi connectivity index (χ3v) is 3.81. The van der Waals surface area contributed by atoms with Crippen LogP contribution in [0, 0.1) is 11.2 Å². The number of halogens is 1. The second kappa shape index (κ2) is 4.71. The number of anilines is 1. The summed E-state index contributed by atoms with van der Waals surface area (Å²) < 4.78 is 14.0. The first-order chi connectivity index (χ1) is 8.39. The van der Waals surface area contributed by atoms with Crippen LogP contribution in [0.4, 0.5) is 10.1 Å². The van der Waals surface area contributed by atoms with E-state index < -0.39 is 0 Å². The van der Waals surface area contributed by atoms with Crippen molar-refractivity contribution in [2.45, 2.75) is 33.6 Å². The molecule has 1 fully saturated rings. The van der Waals surface area contributed by atoms with E-state index in [1.54, 1.807) is 12.1 Å². The van der Waals surface area contributed by atoms with Gasteiger partial charge >= 0.3 is 0 Å². The van der Waals surface area contributed by atoms with E-state index in [4.69, 9.17) is 0 Å². The highest BCUT2D eigenvalue weighted by atomic mass is 19.1. The largest absolute Gasteiger partial charge is 0.369 e. The van der Waals surface area contributed by atoms with Gasteiger partial charge in [0.2, 0.25) is 0 Å². The minimum Gasteiger partial charge on any atom is -0.369 e. The normalized spacial score (nSPS) is 18.8. The first-order valence-electron chi connectivity index (χ1n) is 6.44. The first-order valence-corrected chi connectivity index (χ1v) is 6.44. The van der Waals surface area contributed by atoms with Crippen LogP contribution in [0.5, 0.6) is 0 Å². The van der Waals surface area contributed by atoms with E-state index in [1.807, 2.05) is 0 Å². The van der Waals surface area contributed by atoms with Crippen LogP contribution in [0.15, 0.2) is 18.2 Å². The molecule has 1 aromatic carbocycles. The number of carbonyl (C=O) groups excluding carboxylic acids is 1. The van der Waals surface area contributed by atoms with Crippen LogP contribution in [0.25, 0.3) is 0 Å². The number of benzene rings is 1. The van der Waals surface area contributed by atoms with E-state index in [1.165, 1.54) is 13.0 Å². The molecule has 0 N–H and O–H groups in total. The molecule has 2 rings (SSSR count). The number of carbonyl (C=O) groups is 1. The van der Waals surface area contributed by atoms with Gasteiger partial charge in [-0.25, -0.2) is 4.39 Å². The summed E-state index contributed by atoms with van der Waals surface area (Å²) >= 11 is 0. The van der Waals surface area contributed by atoms with Crippen molar-refractivity contribution in [3.05, 3.63) is 29.6 Å². The summed E-state index contributed by atoms with van der Waals surface area (Å²) in [6.07, 6.45) is 2.14. The number of ketones is 1. The van der Waals surface area contributed by atoms with Gasteiger partial charge in [-0.1, -0.05) is 13.8 Å². The lowest BCUT2D eigenvalue weighted by molar-refractivity contribution is 0.101. The van der Waals surface area contributed by atoms with Crippen molar-refractivity contribution >= 4 is 11.5 Å². The lowest BCUT2D eigenvalue weighted by atomic mass is 9.82. The lowest BCUT2D eigenvalue weighted by Gasteiger charge is -2.38. The molecule has 0 radical (unpaired) electrons. The van der Waals surface area contributed by atoms with Gasteiger partial charge in [-0.05, 0) is 43.4 Å². The van der Waals surface area contributed by atoms with Crippen LogP contribution in [0.1, 0.15) is 44.0 Å². The molecule has 1 aromatic rings. The molecule has 1 heterocycles. The fraction of sp³-hybridized carbons (Fsp3) is 0.533. The van der Waals surface area contributed by atoms with E-state index >= 15 is 0 Å². The Morgan fingerprint density at radius 1 is 1.28 bits per heavy atom. The highest BCUT2D eigenvalue weighted by Gasteiger charge is 2.26. The van der Waals surface area contributed by atoms with Crippen molar-refractivity contribution in [2.75, 3.05) is 18.0 Å². The molecule has 1 saturated heterocycles. The molecule has 0 amide bonds. The first kappa shape index (κ1) is 13.1. The minimum absolute atomic E-state index is 0.0970. The molecular formula is C15H20FNO. The molecule has 0 bridgehead atoms. The molecule has 0 unspecified atom stereocenters. The Balaban J connectivity index is 2.17. The van der Waals surface area contributed by atoms with Gasteiger partial charge in [-0.15, -0.1) is 0 Å². The maximum absolute atomic E-state index is 14.0. The van der Waals surface area contributed by atoms with Gasteiger partial charge in [-0.3, -0.25) is 4.79 Å². The maximum atomic E-state index is 14.0. The highest BCUT2D eigenvalue weighted by Crippen LogP contribution is 2.33. The van der Waals surface area contributed by atoms with E-state index in [-0.39, 0.29) is 11.6 Å². The number of hydrogen-bond acceptors (Lipinski definition) is 2. The molecule has 3 heteroatoms. The Morgan fingerprint density at radius 2 is 1.89 bits per heavy atom. The summed E-state index contributed by atoms with van der Waals surface area (Å²) in [4.78, 5) is 13.3. The summed E-state index contributed by atoms with van der Waals surface area (Å²) in [6.45, 7) is 7.71. The van der Waals surface area contributed by atoms with E-state index in [0.29, 0.717) is 16.7 Å². The van der Waals surface area contributed by atoms with E-state index in [0.717, 1.165) is 25.9 Å². The zero-order valence-electron chi connectivity index (χ0n) is 11.3. The molecule has 0 spiro atoms. The average molecular weight is 249 g/mol. The molecule has 0 atom stereocenters. The van der Waals surface area contributed by atoms with Crippen LogP contribution in [0.2, 0.25) is 0 Å². The number of hydrogen-bond donors (Lipinski definition) is 0. The Bertz CT molecular complexity index is 458. The molecule has 18 heavy (non-hydrogen) atoms. The lowest BCUT2D eigenvalue weighted by Crippen LogP contribution is -2.37. The SMILES string of the molecule is CC(=O)c1ccc(N2CCC(C)(C)CC2)c(F)c1. The Kier molecular flexibility index (Phi) is 3.42. The number of Topliss-reactive ketones (excluding diaryl/α,β-unsaturated/α-hetero) is 1. The van der Waals surface area contributed by atoms with Gasteiger partial charge in [0.25, 0.3) is 0 Å². The summed E-state index contributed by atoms with van der Waals surface area (Å²) in [7, 11) is 0. The van der Waals surface area contributed by atoms with Gasteiger partial charge in [0.05, 0.1) is 5.69 Å². The summed E-state index contributed by atoms with van der Waals surface area (Å²) in [5.41, 5.74) is 1.41. The summed E-state index contributed by atoms with van der Waals surface area (Å²) in [5, 5.41) is 0. The summed E-state index contributed by atoms with van der Waals surface area (Å²) in [5.74, 6) is -0.386. The molecule has 0 saturated carbocycles. The molecule has 0 aromatic heterocycles. The van der Waals surface area contributed by atoms with Crippen molar-refractivity contribution in [1.82, 2.24) is 0 Å². The van der Waals surface area contributed by atoms with Gasteiger partial charge in [0, 0.05) is 18.7 Å². The van der Waals surface area contributed by atoms with Crippen molar-refractivity contribution in [3.8, 4) is 0 Å². The third-order valence-electron chi connectivity index (χ3n) is 3.81. The minimum atomic E-state index is -0.289. The monoisotopic (exact) mass is 249 g/mol. The third kappa shape index (κ3) is 2.71. The topological polar surface area (TPSA) is 20.3 Å². The van der Waals surface area contributed by atoms with Crippen molar-refractivity contribution in [2.24, 2.45) is 5.41 Å². The van der Waals surface area contributed by atoms with Crippen molar-refractivity contribution in [3.63, 3.8) is 0 Å². The zero-order chi connectivity index (χ0) is 13.3. The predicted molar refractivity (Wildman–Crippen MR) is 71.6 cm³/mol. The fourth-order valence-corrected chi connectivity index (χ4v) is 2.34. The number of nitrogens with zero attached hydrogens (tertiary/aromatic N) is 1. The predicted octanol–water partition coefficient (Wildman–Crippen LogP) is 3.65. The van der Waals surface area contributed by atoms with Crippen molar-refractivity contribution < 1.29 is 9.18 Å². The van der Waals surface area contributed by atoms with Crippen LogP contribution in [-0.4, -0.2) is 18.9 Å². The second-order valence-corrected chi connectivity index (χ2v) is 5.87. The van der Waals surface area contributed by atoms with E-state index in [2.05, 4.69) is 18.7 Å². The second-order valence-electron chi connectivity index (χ2n) is 5.87. The number of piperidine rings is 1. The van der Waals surface area contributed by atoms with Crippen LogP contribution < -0.4 is 4.90 Å². The molecule has 1 aliphatic rings. The highest BCUT2D eigenvalue weighted by molar-refractivity contribution is 5.94. The van der Waals surface area contributed by atoms with Crippen LogP contribution in [0.3, 0.4) is 0 Å². The molecular weight excluding hydrogens is 229 g/mol. The standard InChI is InChI=1S/C15H20FNO/c1-11(18)12-4-5-14(13(16)10-12)17-8-6-15(2,3)7-9-17/h4-5,10H,6-9H2,1-3H3. The molecule has 1 aliphatic heterocycles. The van der Waals surface area contributed by atoms with Gasteiger partial charge < -0.3 is 4.90 Å². The molecule has 2 nitrogen and oxygen atoms in total. The van der Waals surface area contributed by atoms with Gasteiger partial charge in [-0.2, -0.15) is 0 Å². The smallest absolute Gasteiger partial charge is 0.159 e. The molecule has 0 aliphatic carbocycles. The molecule has 98 valence electrons. The zero-order valence-corrected chi connectivity index (χ0v) is 11.3. The van der Waals surface area contributed by atoms with Gasteiger partial charge in [0.1, 0.15) is 5.82 Å². The van der Waals surface area contributed by atoms with Crippen LogP contribution in [-0.2, 0) is 0 Å². The fourth-order valence-electron chi connectivity index (χ4n) is 2.34. The Labute approximate surface area is 108 Å². The van der Waals surface area contributed by atoms with Crippen LogP contribution >= 0.6 is 0 Å². The van der Waals surface area contributed by atoms with Gasteiger partial charge in [0.15, 0.2) is 5.78 Å². The Hall–Kier alpha value is -1.38. The number of rotatable bonds is 2. The Morgan fingerprint density at radius 3 is 2.39 bits per heavy atom. The van der Waals surface area contributed by atoms with E-state index in [9.17, 15) is 9.18 Å².